The number of hydrogen-bond donors (Lipinski definition) is 2. The first-order valence-electron chi connectivity index (χ1n) is 8.99. The zero-order chi connectivity index (χ0) is 21.2. The summed E-state index contributed by atoms with van der Waals surface area (Å²) in [5.41, 5.74) is 0.930. The molecule has 3 aromatic rings. The van der Waals surface area contributed by atoms with Gasteiger partial charge in [0.15, 0.2) is 0 Å². The van der Waals surface area contributed by atoms with Gasteiger partial charge in [-0.15, -0.1) is 0 Å². The van der Waals surface area contributed by atoms with Crippen molar-refractivity contribution in [2.45, 2.75) is 18.9 Å². The van der Waals surface area contributed by atoms with Crippen molar-refractivity contribution in [3.63, 3.8) is 0 Å². The molecular formula is C21H23N3O4S. The van der Waals surface area contributed by atoms with E-state index in [-0.39, 0.29) is 12.2 Å². The topological polar surface area (TPSA) is 115 Å². The minimum absolute atomic E-state index is 0.0471. The van der Waals surface area contributed by atoms with Crippen LogP contribution in [-0.2, 0) is 29.1 Å². The van der Waals surface area contributed by atoms with Gasteiger partial charge in [0.05, 0.1) is 11.4 Å². The summed E-state index contributed by atoms with van der Waals surface area (Å²) < 4.78 is 25.3. The quantitative estimate of drug-likeness (QED) is 0.572. The zero-order valence-corrected chi connectivity index (χ0v) is 17.1. The minimum atomic E-state index is -3.98. The summed E-state index contributed by atoms with van der Waals surface area (Å²) in [6.45, 7) is 1.81. The van der Waals surface area contributed by atoms with Crippen LogP contribution in [0, 0.1) is 6.92 Å². The van der Waals surface area contributed by atoms with Crippen molar-refractivity contribution >= 4 is 15.8 Å². The maximum absolute atomic E-state index is 13.0. The lowest BCUT2D eigenvalue weighted by Gasteiger charge is -2.27. The van der Waals surface area contributed by atoms with Crippen molar-refractivity contribution in [2.75, 3.05) is 5.75 Å². The average molecular weight is 413 g/mol. The Kier molecular flexibility index (Phi) is 5.70. The van der Waals surface area contributed by atoms with E-state index in [0.29, 0.717) is 22.5 Å². The number of nitrogens with zero attached hydrogens (tertiary/aromatic N) is 2. The van der Waals surface area contributed by atoms with E-state index >= 15 is 0 Å². The van der Waals surface area contributed by atoms with Crippen LogP contribution in [-0.4, -0.2) is 34.6 Å². The first kappa shape index (κ1) is 20.9. The molecule has 0 bridgehead atoms. The van der Waals surface area contributed by atoms with Crippen LogP contribution in [0.15, 0.2) is 60.9 Å². The lowest BCUT2D eigenvalue weighted by molar-refractivity contribution is 0.0588. The van der Waals surface area contributed by atoms with Crippen molar-refractivity contribution < 1.29 is 18.3 Å². The van der Waals surface area contributed by atoms with E-state index in [4.69, 9.17) is 5.14 Å². The molecule has 0 amide bonds. The van der Waals surface area contributed by atoms with Gasteiger partial charge in [-0.1, -0.05) is 36.4 Å². The van der Waals surface area contributed by atoms with E-state index in [1.165, 1.54) is 12.4 Å². The number of carbonyl (C=O) groups is 1. The summed E-state index contributed by atoms with van der Waals surface area (Å²) in [5.74, 6) is -0.814. The lowest BCUT2D eigenvalue weighted by atomic mass is 9.92. The van der Waals surface area contributed by atoms with Crippen LogP contribution in [0.2, 0.25) is 0 Å². The lowest BCUT2D eigenvalue weighted by Crippen LogP contribution is -2.40. The van der Waals surface area contributed by atoms with Crippen molar-refractivity contribution in [3.8, 4) is 0 Å². The molecule has 8 heteroatoms. The Morgan fingerprint density at radius 2 is 1.90 bits per heavy atom. The largest absolute Gasteiger partial charge is 0.384 e. The average Bonchev–Trinajstić information content (AvgIpc) is 2.94. The number of rotatable bonds is 7. The standard InChI is InChI=1S/C21H23N3O4S/c1-15-11-18(24(2)19(15)20(25)16-7-4-3-5-8-16)12-21(26,14-29(22,27)28)17-9-6-10-23-13-17/h3-11,13,26H,12,14H2,1-2H3,(H2,22,27,28). The number of aliphatic hydroxyl groups is 1. The molecule has 0 saturated heterocycles. The van der Waals surface area contributed by atoms with Crippen LogP contribution in [0.1, 0.15) is 32.9 Å². The van der Waals surface area contributed by atoms with E-state index < -0.39 is 21.4 Å². The molecule has 0 aliphatic heterocycles. The SMILES string of the molecule is Cc1cc(CC(O)(CS(N)(=O)=O)c2cccnc2)n(C)c1C(=O)c1ccccc1. The normalized spacial score (nSPS) is 13.8. The summed E-state index contributed by atoms with van der Waals surface area (Å²) in [7, 11) is -2.26. The number of aromatic nitrogens is 2. The van der Waals surface area contributed by atoms with E-state index in [9.17, 15) is 18.3 Å². The van der Waals surface area contributed by atoms with Crippen LogP contribution in [0.25, 0.3) is 0 Å². The van der Waals surface area contributed by atoms with Gasteiger partial charge >= 0.3 is 0 Å². The highest BCUT2D eigenvalue weighted by molar-refractivity contribution is 7.89. The molecule has 7 nitrogen and oxygen atoms in total. The molecule has 29 heavy (non-hydrogen) atoms. The van der Waals surface area contributed by atoms with Gasteiger partial charge in [0.25, 0.3) is 0 Å². The van der Waals surface area contributed by atoms with E-state index in [2.05, 4.69) is 4.98 Å². The molecule has 0 spiro atoms. The maximum Gasteiger partial charge on any atom is 0.212 e. The molecule has 1 atom stereocenters. The molecule has 0 radical (unpaired) electrons. The van der Waals surface area contributed by atoms with Crippen LogP contribution in [0.5, 0.6) is 0 Å². The number of pyridine rings is 1. The molecular weight excluding hydrogens is 390 g/mol. The number of carbonyl (C=O) groups excluding carboxylic acids is 1. The van der Waals surface area contributed by atoms with Crippen LogP contribution >= 0.6 is 0 Å². The van der Waals surface area contributed by atoms with Gasteiger partial charge in [-0.3, -0.25) is 9.78 Å². The smallest absolute Gasteiger partial charge is 0.212 e. The van der Waals surface area contributed by atoms with E-state index in [1.54, 1.807) is 54.1 Å². The van der Waals surface area contributed by atoms with E-state index in [1.807, 2.05) is 13.0 Å². The first-order chi connectivity index (χ1) is 13.6. The van der Waals surface area contributed by atoms with Gasteiger partial charge < -0.3 is 9.67 Å². The van der Waals surface area contributed by atoms with Gasteiger partial charge in [-0.25, -0.2) is 13.6 Å². The Hall–Kier alpha value is -2.81. The molecule has 2 aromatic heterocycles. The van der Waals surface area contributed by atoms with Crippen LogP contribution in [0.4, 0.5) is 0 Å². The summed E-state index contributed by atoms with van der Waals surface area (Å²) in [4.78, 5) is 16.9. The van der Waals surface area contributed by atoms with Crippen LogP contribution in [0.3, 0.4) is 0 Å². The number of hydrogen-bond acceptors (Lipinski definition) is 5. The highest BCUT2D eigenvalue weighted by Gasteiger charge is 2.36. The summed E-state index contributed by atoms with van der Waals surface area (Å²) in [6, 6.07) is 13.9. The molecule has 2 heterocycles. The number of nitrogens with two attached hydrogens (primary N) is 1. The van der Waals surface area contributed by atoms with Crippen molar-refractivity contribution in [3.05, 3.63) is 89.0 Å². The first-order valence-corrected chi connectivity index (χ1v) is 10.7. The minimum Gasteiger partial charge on any atom is -0.384 e. The Morgan fingerprint density at radius 1 is 1.21 bits per heavy atom. The third-order valence-corrected chi connectivity index (χ3v) is 5.77. The number of benzene rings is 1. The van der Waals surface area contributed by atoms with Crippen molar-refractivity contribution in [2.24, 2.45) is 12.2 Å². The van der Waals surface area contributed by atoms with Gasteiger partial charge in [0.2, 0.25) is 15.8 Å². The molecule has 0 aliphatic carbocycles. The number of sulfonamides is 1. The van der Waals surface area contributed by atoms with Gasteiger partial charge in [0.1, 0.15) is 5.60 Å². The van der Waals surface area contributed by atoms with Gasteiger partial charge in [0, 0.05) is 42.7 Å². The van der Waals surface area contributed by atoms with Crippen molar-refractivity contribution in [1.82, 2.24) is 9.55 Å². The molecule has 152 valence electrons. The second-order valence-corrected chi connectivity index (χ2v) is 8.79. The molecule has 0 saturated carbocycles. The van der Waals surface area contributed by atoms with Crippen LogP contribution < -0.4 is 5.14 Å². The predicted octanol–water partition coefficient (Wildman–Crippen LogP) is 1.68. The van der Waals surface area contributed by atoms with Crippen molar-refractivity contribution in [1.29, 1.82) is 0 Å². The Morgan fingerprint density at radius 3 is 2.48 bits per heavy atom. The summed E-state index contributed by atoms with van der Waals surface area (Å²) in [5, 5.41) is 16.5. The monoisotopic (exact) mass is 413 g/mol. The summed E-state index contributed by atoms with van der Waals surface area (Å²) >= 11 is 0. The molecule has 3 N–H and O–H groups in total. The predicted molar refractivity (Wildman–Crippen MR) is 110 cm³/mol. The second kappa shape index (κ2) is 7.90. The Labute approximate surface area is 169 Å². The number of ketones is 1. The molecule has 3 rings (SSSR count). The number of aryl methyl sites for hydroxylation is 1. The highest BCUT2D eigenvalue weighted by atomic mass is 32.2. The molecule has 0 aliphatic rings. The fourth-order valence-corrected chi connectivity index (χ4v) is 4.49. The summed E-state index contributed by atoms with van der Waals surface area (Å²) in [6.07, 6.45) is 2.90. The number of primary sulfonamides is 1. The highest BCUT2D eigenvalue weighted by Crippen LogP contribution is 2.29. The van der Waals surface area contributed by atoms with Gasteiger partial charge in [-0.2, -0.15) is 0 Å². The molecule has 0 fully saturated rings. The third-order valence-electron chi connectivity index (χ3n) is 4.89. The Balaban J connectivity index is 2.03. The third kappa shape index (κ3) is 4.61. The Bertz CT molecular complexity index is 1130. The van der Waals surface area contributed by atoms with E-state index in [0.717, 1.165) is 5.56 Å². The zero-order valence-electron chi connectivity index (χ0n) is 16.2. The fourth-order valence-electron chi connectivity index (χ4n) is 3.56. The fraction of sp³-hybridized carbons (Fsp3) is 0.238. The maximum atomic E-state index is 13.0. The second-order valence-electron chi connectivity index (χ2n) is 7.18. The molecule has 1 unspecified atom stereocenters. The van der Waals surface area contributed by atoms with Gasteiger partial charge in [-0.05, 0) is 24.6 Å². The molecule has 1 aromatic carbocycles.